The van der Waals surface area contributed by atoms with Crippen molar-refractivity contribution in [2.75, 3.05) is 14.1 Å². The third kappa shape index (κ3) is 5.02. The summed E-state index contributed by atoms with van der Waals surface area (Å²) in [4.78, 5) is 38.0. The Bertz CT molecular complexity index is 815. The standard InChI is InChI=1S/C19H24N4O3/c1-4-12-23-17(24)11-10-15(21-23)19(26)20-16(13-18(25)22(2)3)14-8-6-5-7-9-14/h5-11,16H,4,12-13H2,1-3H3,(H,20,26). The summed E-state index contributed by atoms with van der Waals surface area (Å²) in [6.07, 6.45) is 0.874. The summed E-state index contributed by atoms with van der Waals surface area (Å²) in [6, 6.07) is 11.6. The molecule has 1 atom stereocenters. The van der Waals surface area contributed by atoms with Crippen LogP contribution in [0.3, 0.4) is 0 Å². The molecule has 1 N–H and O–H groups in total. The molecular formula is C19H24N4O3. The molecule has 1 heterocycles. The molecular weight excluding hydrogens is 332 g/mol. The molecule has 2 amide bonds. The molecule has 0 spiro atoms. The van der Waals surface area contributed by atoms with Gasteiger partial charge in [0.15, 0.2) is 0 Å². The lowest BCUT2D eigenvalue weighted by molar-refractivity contribution is -0.129. The Morgan fingerprint density at radius 3 is 2.46 bits per heavy atom. The van der Waals surface area contributed by atoms with E-state index in [1.54, 1.807) is 14.1 Å². The Labute approximate surface area is 152 Å². The third-order valence-corrected chi connectivity index (χ3v) is 3.92. The van der Waals surface area contributed by atoms with Crippen LogP contribution in [0.1, 0.15) is 41.9 Å². The highest BCUT2D eigenvalue weighted by Gasteiger charge is 2.21. The Morgan fingerprint density at radius 1 is 1.15 bits per heavy atom. The first-order valence-electron chi connectivity index (χ1n) is 8.56. The van der Waals surface area contributed by atoms with Crippen LogP contribution in [0.5, 0.6) is 0 Å². The topological polar surface area (TPSA) is 84.3 Å². The normalized spacial score (nSPS) is 11.7. The maximum Gasteiger partial charge on any atom is 0.272 e. The zero-order valence-corrected chi connectivity index (χ0v) is 15.3. The molecule has 0 aliphatic rings. The Morgan fingerprint density at radius 2 is 1.85 bits per heavy atom. The average Bonchev–Trinajstić information content (AvgIpc) is 2.63. The van der Waals surface area contributed by atoms with E-state index in [9.17, 15) is 14.4 Å². The van der Waals surface area contributed by atoms with E-state index in [1.165, 1.54) is 21.7 Å². The van der Waals surface area contributed by atoms with Crippen molar-refractivity contribution in [2.45, 2.75) is 32.4 Å². The van der Waals surface area contributed by atoms with Gasteiger partial charge >= 0.3 is 0 Å². The van der Waals surface area contributed by atoms with Gasteiger partial charge in [-0.25, -0.2) is 4.68 Å². The number of hydrogen-bond donors (Lipinski definition) is 1. The molecule has 0 saturated carbocycles. The fraction of sp³-hybridized carbons (Fsp3) is 0.368. The smallest absolute Gasteiger partial charge is 0.272 e. The molecule has 138 valence electrons. The minimum Gasteiger partial charge on any atom is -0.349 e. The van der Waals surface area contributed by atoms with Crippen molar-refractivity contribution in [3.63, 3.8) is 0 Å². The number of hydrogen-bond acceptors (Lipinski definition) is 4. The van der Waals surface area contributed by atoms with Crippen molar-refractivity contribution in [3.05, 3.63) is 64.1 Å². The van der Waals surface area contributed by atoms with E-state index in [0.29, 0.717) is 6.54 Å². The molecule has 7 heteroatoms. The molecule has 2 aromatic rings. The van der Waals surface area contributed by atoms with Gasteiger partial charge in [-0.2, -0.15) is 5.10 Å². The average molecular weight is 356 g/mol. The van der Waals surface area contributed by atoms with Gasteiger partial charge in [0, 0.05) is 26.7 Å². The summed E-state index contributed by atoms with van der Waals surface area (Å²) >= 11 is 0. The van der Waals surface area contributed by atoms with Crippen molar-refractivity contribution in [3.8, 4) is 0 Å². The van der Waals surface area contributed by atoms with Gasteiger partial charge in [0.05, 0.1) is 12.5 Å². The van der Waals surface area contributed by atoms with Gasteiger partial charge in [0.1, 0.15) is 5.69 Å². The van der Waals surface area contributed by atoms with Crippen LogP contribution in [0.2, 0.25) is 0 Å². The minimum absolute atomic E-state index is 0.0944. The molecule has 0 radical (unpaired) electrons. The summed E-state index contributed by atoms with van der Waals surface area (Å²) in [5.41, 5.74) is 0.736. The van der Waals surface area contributed by atoms with Gasteiger partial charge in [0.2, 0.25) is 5.91 Å². The molecule has 0 aliphatic heterocycles. The maximum atomic E-state index is 12.6. The first-order chi connectivity index (χ1) is 12.4. The van der Waals surface area contributed by atoms with Crippen LogP contribution in [-0.2, 0) is 11.3 Å². The van der Waals surface area contributed by atoms with Crippen LogP contribution in [0.15, 0.2) is 47.3 Å². The largest absolute Gasteiger partial charge is 0.349 e. The molecule has 1 aromatic heterocycles. The van der Waals surface area contributed by atoms with Crippen molar-refractivity contribution in [1.82, 2.24) is 20.0 Å². The number of aryl methyl sites for hydroxylation is 1. The van der Waals surface area contributed by atoms with E-state index in [0.717, 1.165) is 12.0 Å². The van der Waals surface area contributed by atoms with Crippen LogP contribution >= 0.6 is 0 Å². The van der Waals surface area contributed by atoms with E-state index >= 15 is 0 Å². The molecule has 0 fully saturated rings. The summed E-state index contributed by atoms with van der Waals surface area (Å²) in [5.74, 6) is -0.515. The van der Waals surface area contributed by atoms with Crippen molar-refractivity contribution in [1.29, 1.82) is 0 Å². The van der Waals surface area contributed by atoms with Gasteiger partial charge < -0.3 is 10.2 Å². The quantitative estimate of drug-likeness (QED) is 0.817. The minimum atomic E-state index is -0.480. The van der Waals surface area contributed by atoms with Crippen molar-refractivity contribution >= 4 is 11.8 Å². The SMILES string of the molecule is CCCn1nc(C(=O)NC(CC(=O)N(C)C)c2ccccc2)ccc1=O. The van der Waals surface area contributed by atoms with Gasteiger partial charge in [0.25, 0.3) is 11.5 Å². The lowest BCUT2D eigenvalue weighted by Gasteiger charge is -2.21. The molecule has 2 rings (SSSR count). The van der Waals surface area contributed by atoms with Crippen molar-refractivity contribution in [2.24, 2.45) is 0 Å². The van der Waals surface area contributed by atoms with Crippen molar-refractivity contribution < 1.29 is 9.59 Å². The van der Waals surface area contributed by atoms with Crippen LogP contribution in [0, 0.1) is 0 Å². The maximum absolute atomic E-state index is 12.6. The van der Waals surface area contributed by atoms with E-state index in [-0.39, 0.29) is 23.6 Å². The van der Waals surface area contributed by atoms with Crippen LogP contribution in [-0.4, -0.2) is 40.6 Å². The van der Waals surface area contributed by atoms with Gasteiger partial charge in [-0.15, -0.1) is 0 Å². The number of rotatable bonds is 7. The van der Waals surface area contributed by atoms with Gasteiger partial charge in [-0.1, -0.05) is 37.3 Å². The second-order valence-corrected chi connectivity index (χ2v) is 6.21. The lowest BCUT2D eigenvalue weighted by atomic mass is 10.0. The van der Waals surface area contributed by atoms with Crippen LogP contribution in [0.4, 0.5) is 0 Å². The summed E-state index contributed by atoms with van der Waals surface area (Å²) in [5, 5.41) is 6.98. The summed E-state index contributed by atoms with van der Waals surface area (Å²) in [6.45, 7) is 2.38. The number of carbonyl (C=O) groups excluding carboxylic acids is 2. The highest BCUT2D eigenvalue weighted by atomic mass is 16.2. The van der Waals surface area contributed by atoms with Crippen LogP contribution in [0.25, 0.3) is 0 Å². The molecule has 0 aliphatic carbocycles. The fourth-order valence-electron chi connectivity index (χ4n) is 2.47. The zero-order chi connectivity index (χ0) is 19.1. The van der Waals surface area contributed by atoms with E-state index in [2.05, 4.69) is 10.4 Å². The second kappa shape index (κ2) is 8.94. The molecule has 1 unspecified atom stereocenters. The Hall–Kier alpha value is -2.96. The Balaban J connectivity index is 2.24. The number of benzene rings is 1. The molecule has 0 saturated heterocycles. The Kier molecular flexibility index (Phi) is 6.66. The number of carbonyl (C=O) groups is 2. The first kappa shape index (κ1) is 19.4. The predicted octanol–water partition coefficient (Wildman–Crippen LogP) is 1.60. The van der Waals surface area contributed by atoms with Gasteiger partial charge in [-0.3, -0.25) is 14.4 Å². The van der Waals surface area contributed by atoms with E-state index in [1.807, 2.05) is 37.3 Å². The molecule has 1 aromatic carbocycles. The highest BCUT2D eigenvalue weighted by molar-refractivity contribution is 5.92. The molecule has 7 nitrogen and oxygen atoms in total. The third-order valence-electron chi connectivity index (χ3n) is 3.92. The van der Waals surface area contributed by atoms with E-state index < -0.39 is 11.9 Å². The monoisotopic (exact) mass is 356 g/mol. The molecule has 0 bridgehead atoms. The van der Waals surface area contributed by atoms with Gasteiger partial charge in [-0.05, 0) is 18.1 Å². The highest BCUT2D eigenvalue weighted by Crippen LogP contribution is 2.18. The predicted molar refractivity (Wildman–Crippen MR) is 98.7 cm³/mol. The zero-order valence-electron chi connectivity index (χ0n) is 15.3. The number of nitrogens with zero attached hydrogens (tertiary/aromatic N) is 3. The summed E-state index contributed by atoms with van der Waals surface area (Å²) in [7, 11) is 3.35. The number of nitrogens with one attached hydrogen (secondary N) is 1. The lowest BCUT2D eigenvalue weighted by Crippen LogP contribution is -2.35. The number of aromatic nitrogens is 2. The number of amides is 2. The first-order valence-corrected chi connectivity index (χ1v) is 8.56. The molecule has 26 heavy (non-hydrogen) atoms. The summed E-state index contributed by atoms with van der Waals surface area (Å²) < 4.78 is 1.28. The van der Waals surface area contributed by atoms with E-state index in [4.69, 9.17) is 0 Å². The second-order valence-electron chi connectivity index (χ2n) is 6.21. The van der Waals surface area contributed by atoms with Crippen LogP contribution < -0.4 is 10.9 Å². The fourth-order valence-corrected chi connectivity index (χ4v) is 2.47.